The fourth-order valence-electron chi connectivity index (χ4n) is 3.82. The summed E-state index contributed by atoms with van der Waals surface area (Å²) >= 11 is 5.95. The second kappa shape index (κ2) is 8.27. The first-order valence-electron chi connectivity index (χ1n) is 9.53. The minimum Gasteiger partial charge on any atom is -0.508 e. The minimum atomic E-state index is 0.235. The zero-order valence-corrected chi connectivity index (χ0v) is 16.2. The molecule has 1 aliphatic rings. The number of phenolic OH excluding ortho intramolecular Hbond substituents is 1. The van der Waals surface area contributed by atoms with Crippen LogP contribution in [0.3, 0.4) is 0 Å². The molecule has 144 valence electrons. The number of halogens is 1. The molecule has 0 atom stereocenters. The summed E-state index contributed by atoms with van der Waals surface area (Å²) in [6.45, 7) is 0. The highest BCUT2D eigenvalue weighted by molar-refractivity contribution is 6.30. The van der Waals surface area contributed by atoms with E-state index in [-0.39, 0.29) is 5.75 Å². The Labute approximate surface area is 169 Å². The number of benzene rings is 2. The predicted molar refractivity (Wildman–Crippen MR) is 114 cm³/mol. The average molecular weight is 395 g/mol. The van der Waals surface area contributed by atoms with E-state index in [9.17, 15) is 5.11 Å². The van der Waals surface area contributed by atoms with E-state index >= 15 is 0 Å². The molecule has 1 aromatic heterocycles. The Morgan fingerprint density at radius 1 is 1.00 bits per heavy atom. The van der Waals surface area contributed by atoms with E-state index < -0.39 is 0 Å². The number of nitrogens with zero attached hydrogens (tertiary/aromatic N) is 2. The molecule has 2 aromatic carbocycles. The van der Waals surface area contributed by atoms with Gasteiger partial charge in [-0.05, 0) is 67.7 Å². The molecule has 28 heavy (non-hydrogen) atoms. The Morgan fingerprint density at radius 2 is 1.75 bits per heavy atom. The lowest BCUT2D eigenvalue weighted by Crippen LogP contribution is -2.37. The highest BCUT2D eigenvalue weighted by Gasteiger charge is 2.24. The van der Waals surface area contributed by atoms with Gasteiger partial charge in [0.15, 0.2) is 5.82 Å². The van der Waals surface area contributed by atoms with Crippen LogP contribution in [0.2, 0.25) is 5.02 Å². The molecule has 1 aliphatic carbocycles. The van der Waals surface area contributed by atoms with Crippen molar-refractivity contribution < 1.29 is 5.11 Å². The molecule has 0 amide bonds. The van der Waals surface area contributed by atoms with Crippen LogP contribution in [0.25, 0.3) is 23.1 Å². The molecule has 0 saturated heterocycles. The fourth-order valence-corrected chi connectivity index (χ4v) is 3.95. The maximum absolute atomic E-state index is 9.97. The molecule has 3 aromatic rings. The molecule has 0 aliphatic heterocycles. The summed E-state index contributed by atoms with van der Waals surface area (Å²) in [7, 11) is 0. The molecule has 5 nitrogen and oxygen atoms in total. The summed E-state index contributed by atoms with van der Waals surface area (Å²) in [6.07, 6.45) is 7.96. The molecule has 1 saturated carbocycles. The molecule has 4 N–H and O–H groups in total. The quantitative estimate of drug-likeness (QED) is 0.443. The van der Waals surface area contributed by atoms with Crippen molar-refractivity contribution in [3.8, 4) is 5.75 Å². The highest BCUT2D eigenvalue weighted by Crippen LogP contribution is 2.36. The SMILES string of the molecule is NNC1CCC(c2nc(/C=C\c3ccc(Cl)cc3)nc3ccc(O)cc23)CC1. The molecule has 0 spiro atoms. The first-order valence-corrected chi connectivity index (χ1v) is 9.90. The third-order valence-corrected chi connectivity index (χ3v) is 5.62. The van der Waals surface area contributed by atoms with Crippen LogP contribution in [-0.4, -0.2) is 21.1 Å². The lowest BCUT2D eigenvalue weighted by atomic mass is 9.83. The fraction of sp³-hybridized carbons (Fsp3) is 0.273. The first kappa shape index (κ1) is 18.9. The molecule has 1 heterocycles. The summed E-state index contributed by atoms with van der Waals surface area (Å²) in [5.41, 5.74) is 5.77. The molecular formula is C22H23ClN4O. The van der Waals surface area contributed by atoms with Crippen molar-refractivity contribution in [3.63, 3.8) is 0 Å². The first-order chi connectivity index (χ1) is 13.6. The van der Waals surface area contributed by atoms with Crippen LogP contribution in [0.4, 0.5) is 0 Å². The molecule has 0 unspecified atom stereocenters. The van der Waals surface area contributed by atoms with E-state index in [1.54, 1.807) is 12.1 Å². The van der Waals surface area contributed by atoms with Crippen LogP contribution in [0.15, 0.2) is 42.5 Å². The van der Waals surface area contributed by atoms with Gasteiger partial charge in [-0.2, -0.15) is 0 Å². The summed E-state index contributed by atoms with van der Waals surface area (Å²) in [5.74, 6) is 6.84. The Balaban J connectivity index is 1.70. The number of nitrogens with one attached hydrogen (secondary N) is 1. The number of rotatable bonds is 4. The maximum atomic E-state index is 9.97. The minimum absolute atomic E-state index is 0.235. The summed E-state index contributed by atoms with van der Waals surface area (Å²) in [4.78, 5) is 9.53. The normalized spacial score (nSPS) is 20.1. The maximum Gasteiger partial charge on any atom is 0.152 e. The predicted octanol–water partition coefficient (Wildman–Crippen LogP) is 4.65. The van der Waals surface area contributed by atoms with E-state index in [0.29, 0.717) is 22.8 Å². The van der Waals surface area contributed by atoms with Gasteiger partial charge < -0.3 is 5.11 Å². The molecule has 0 bridgehead atoms. The van der Waals surface area contributed by atoms with Crippen LogP contribution in [0, 0.1) is 0 Å². The van der Waals surface area contributed by atoms with Gasteiger partial charge in [-0.3, -0.25) is 11.3 Å². The summed E-state index contributed by atoms with van der Waals surface area (Å²) in [6, 6.07) is 13.3. The summed E-state index contributed by atoms with van der Waals surface area (Å²) < 4.78 is 0. The second-order valence-electron chi connectivity index (χ2n) is 7.27. The average Bonchev–Trinajstić information content (AvgIpc) is 2.73. The standard InChI is InChI=1S/C22H23ClN4O/c23-16-6-1-14(2-7-16)3-12-21-25-20-11-10-18(28)13-19(20)22(26-21)15-4-8-17(27-24)9-5-15/h1-3,6-7,10-13,15,17,27-28H,4-5,8-9,24H2/b12-3-. The van der Waals surface area contributed by atoms with Gasteiger partial charge in [0, 0.05) is 22.4 Å². The van der Waals surface area contributed by atoms with Gasteiger partial charge in [-0.1, -0.05) is 29.8 Å². The van der Waals surface area contributed by atoms with E-state index in [2.05, 4.69) is 10.4 Å². The summed E-state index contributed by atoms with van der Waals surface area (Å²) in [5, 5.41) is 11.6. The van der Waals surface area contributed by atoms with Crippen LogP contribution < -0.4 is 11.3 Å². The Kier molecular flexibility index (Phi) is 5.57. The van der Waals surface area contributed by atoms with Crippen molar-refractivity contribution >= 4 is 34.7 Å². The monoisotopic (exact) mass is 394 g/mol. The number of hydrogen-bond acceptors (Lipinski definition) is 5. The van der Waals surface area contributed by atoms with Crippen LogP contribution in [0.1, 0.15) is 48.7 Å². The third kappa shape index (κ3) is 4.17. The van der Waals surface area contributed by atoms with Crippen molar-refractivity contribution in [1.82, 2.24) is 15.4 Å². The van der Waals surface area contributed by atoms with Crippen molar-refractivity contribution in [1.29, 1.82) is 0 Å². The van der Waals surface area contributed by atoms with E-state index in [1.165, 1.54) is 0 Å². The number of phenols is 1. The zero-order chi connectivity index (χ0) is 19.5. The van der Waals surface area contributed by atoms with Gasteiger partial charge in [-0.15, -0.1) is 0 Å². The lowest BCUT2D eigenvalue weighted by molar-refractivity contribution is 0.344. The van der Waals surface area contributed by atoms with Gasteiger partial charge in [0.05, 0.1) is 11.2 Å². The molecule has 4 rings (SSSR count). The number of hydrogen-bond donors (Lipinski definition) is 3. The number of aromatic nitrogens is 2. The van der Waals surface area contributed by atoms with Crippen LogP contribution in [0.5, 0.6) is 5.75 Å². The number of hydrazine groups is 1. The Morgan fingerprint density at radius 3 is 2.46 bits per heavy atom. The second-order valence-corrected chi connectivity index (χ2v) is 7.71. The zero-order valence-electron chi connectivity index (χ0n) is 15.5. The topological polar surface area (TPSA) is 84.1 Å². The molecule has 6 heteroatoms. The van der Waals surface area contributed by atoms with Crippen molar-refractivity contribution in [3.05, 3.63) is 64.6 Å². The van der Waals surface area contributed by atoms with Gasteiger partial charge in [0.25, 0.3) is 0 Å². The van der Waals surface area contributed by atoms with Crippen molar-refractivity contribution in [2.75, 3.05) is 0 Å². The molecule has 1 fully saturated rings. The number of aromatic hydroxyl groups is 1. The van der Waals surface area contributed by atoms with Gasteiger partial charge in [0.1, 0.15) is 5.75 Å². The molecular weight excluding hydrogens is 372 g/mol. The van der Waals surface area contributed by atoms with E-state index in [0.717, 1.165) is 47.8 Å². The lowest BCUT2D eigenvalue weighted by Gasteiger charge is -2.28. The van der Waals surface area contributed by atoms with Gasteiger partial charge >= 0.3 is 0 Å². The van der Waals surface area contributed by atoms with Crippen LogP contribution >= 0.6 is 11.6 Å². The third-order valence-electron chi connectivity index (χ3n) is 5.37. The van der Waals surface area contributed by atoms with E-state index in [1.807, 2.05) is 42.5 Å². The highest BCUT2D eigenvalue weighted by atomic mass is 35.5. The molecule has 0 radical (unpaired) electrons. The van der Waals surface area contributed by atoms with E-state index in [4.69, 9.17) is 22.4 Å². The van der Waals surface area contributed by atoms with Crippen molar-refractivity contribution in [2.45, 2.75) is 37.6 Å². The van der Waals surface area contributed by atoms with Gasteiger partial charge in [-0.25, -0.2) is 9.97 Å². The van der Waals surface area contributed by atoms with Crippen molar-refractivity contribution in [2.24, 2.45) is 5.84 Å². The Bertz CT molecular complexity index is 995. The Hall–Kier alpha value is -2.47. The largest absolute Gasteiger partial charge is 0.508 e. The van der Waals surface area contributed by atoms with Crippen LogP contribution in [-0.2, 0) is 0 Å². The number of nitrogens with two attached hydrogens (primary N) is 1. The number of fused-ring (bicyclic) bond motifs is 1. The smallest absolute Gasteiger partial charge is 0.152 e. The van der Waals surface area contributed by atoms with Gasteiger partial charge in [0.2, 0.25) is 0 Å².